The fourth-order valence-electron chi connectivity index (χ4n) is 3.26. The van der Waals surface area contributed by atoms with E-state index in [1.54, 1.807) is 11.0 Å². The van der Waals surface area contributed by atoms with Gasteiger partial charge in [0, 0.05) is 25.6 Å². The summed E-state index contributed by atoms with van der Waals surface area (Å²) in [5, 5.41) is 24.3. The van der Waals surface area contributed by atoms with Gasteiger partial charge in [-0.25, -0.2) is 4.79 Å². The first-order valence-electron chi connectivity index (χ1n) is 10.3. The van der Waals surface area contributed by atoms with Crippen LogP contribution in [0.1, 0.15) is 35.2 Å². The van der Waals surface area contributed by atoms with Gasteiger partial charge in [0.1, 0.15) is 17.1 Å². The van der Waals surface area contributed by atoms with E-state index in [1.807, 2.05) is 30.4 Å². The van der Waals surface area contributed by atoms with E-state index in [0.29, 0.717) is 25.2 Å². The van der Waals surface area contributed by atoms with Gasteiger partial charge in [0.05, 0.1) is 17.3 Å². The van der Waals surface area contributed by atoms with E-state index in [2.05, 4.69) is 5.16 Å². The number of nitrogens with zero attached hydrogens (tertiary/aromatic N) is 2. The van der Waals surface area contributed by atoms with Crippen LogP contribution >= 0.6 is 11.6 Å². The standard InChI is InChI=1S/C23H25ClN2O6/c24-22-17-13-16(25-32-15-20(29)26-10-6-7-11-26)9-5-3-1-2-4-8-12-31-23(30)21(17)18(27)14-19(22)28/h2,4-7,9,14,27-28H,1,3,8,10-13,15H2/b4-2+,9-5+,25-16-. The number of cyclic esters (lactones) is 1. The van der Waals surface area contributed by atoms with E-state index in [0.717, 1.165) is 18.9 Å². The second-order valence-electron chi connectivity index (χ2n) is 7.26. The highest BCUT2D eigenvalue weighted by Gasteiger charge is 2.24. The van der Waals surface area contributed by atoms with Crippen LogP contribution in [0.15, 0.2) is 47.7 Å². The van der Waals surface area contributed by atoms with Crippen molar-refractivity contribution in [2.45, 2.75) is 25.7 Å². The molecule has 0 spiro atoms. The number of oxime groups is 1. The quantitative estimate of drug-likeness (QED) is 0.406. The lowest BCUT2D eigenvalue weighted by molar-refractivity contribution is -0.134. The second-order valence-corrected chi connectivity index (χ2v) is 7.64. The molecule has 0 saturated heterocycles. The molecule has 2 aliphatic rings. The number of allylic oxidation sites excluding steroid dienone is 3. The Hall–Kier alpha value is -3.26. The molecule has 8 nitrogen and oxygen atoms in total. The third-order valence-corrected chi connectivity index (χ3v) is 5.34. The van der Waals surface area contributed by atoms with Crippen LogP contribution in [-0.4, -0.2) is 59.0 Å². The normalized spacial score (nSPS) is 20.3. The average molecular weight is 461 g/mol. The smallest absolute Gasteiger partial charge is 0.342 e. The van der Waals surface area contributed by atoms with Crippen molar-refractivity contribution in [3.05, 3.63) is 58.7 Å². The number of esters is 1. The second kappa shape index (κ2) is 11.4. The number of rotatable bonds is 3. The molecule has 0 saturated carbocycles. The predicted octanol–water partition coefficient (Wildman–Crippen LogP) is 3.52. The van der Waals surface area contributed by atoms with Crippen molar-refractivity contribution in [1.29, 1.82) is 0 Å². The van der Waals surface area contributed by atoms with Crippen molar-refractivity contribution < 1.29 is 29.4 Å². The van der Waals surface area contributed by atoms with Crippen LogP contribution < -0.4 is 0 Å². The molecule has 0 atom stereocenters. The van der Waals surface area contributed by atoms with E-state index in [4.69, 9.17) is 21.2 Å². The number of carbonyl (C=O) groups excluding carboxylic acids is 2. The van der Waals surface area contributed by atoms with Gasteiger partial charge in [-0.2, -0.15) is 0 Å². The number of ether oxygens (including phenoxy) is 1. The molecular weight excluding hydrogens is 436 g/mol. The van der Waals surface area contributed by atoms with Crippen molar-refractivity contribution in [3.8, 4) is 11.5 Å². The fraction of sp³-hybridized carbons (Fsp3) is 0.348. The molecule has 0 aromatic heterocycles. The zero-order chi connectivity index (χ0) is 22.9. The van der Waals surface area contributed by atoms with Gasteiger partial charge in [0.2, 0.25) is 0 Å². The van der Waals surface area contributed by atoms with Gasteiger partial charge in [-0.1, -0.05) is 47.1 Å². The maximum absolute atomic E-state index is 12.6. The maximum Gasteiger partial charge on any atom is 0.342 e. The fourth-order valence-corrected chi connectivity index (χ4v) is 3.48. The summed E-state index contributed by atoms with van der Waals surface area (Å²) in [7, 11) is 0. The Morgan fingerprint density at radius 1 is 1.09 bits per heavy atom. The zero-order valence-corrected chi connectivity index (χ0v) is 18.3. The SMILES string of the molecule is O=C1OCC/C=C/CC/C=C/C(=N/OCC(=O)N2CC=CC2)Cc2c(Cl)c(O)cc(O)c21. The van der Waals surface area contributed by atoms with Gasteiger partial charge in [-0.05, 0) is 30.9 Å². The molecule has 0 aliphatic carbocycles. The number of halogens is 1. The molecule has 2 heterocycles. The number of fused-ring (bicyclic) bond motifs is 1. The molecule has 0 bridgehead atoms. The molecular formula is C23H25ClN2O6. The Bertz CT molecular complexity index is 975. The van der Waals surface area contributed by atoms with Crippen LogP contribution in [0, 0.1) is 0 Å². The summed E-state index contributed by atoms with van der Waals surface area (Å²) in [5.41, 5.74) is 0.373. The predicted molar refractivity (Wildman–Crippen MR) is 120 cm³/mol. The van der Waals surface area contributed by atoms with E-state index in [-0.39, 0.29) is 47.4 Å². The number of phenols is 2. The van der Waals surface area contributed by atoms with Crippen molar-refractivity contribution in [3.63, 3.8) is 0 Å². The van der Waals surface area contributed by atoms with Crippen LogP contribution in [0.3, 0.4) is 0 Å². The lowest BCUT2D eigenvalue weighted by Gasteiger charge is -2.15. The van der Waals surface area contributed by atoms with Gasteiger partial charge >= 0.3 is 5.97 Å². The first-order valence-corrected chi connectivity index (χ1v) is 10.7. The number of hydrogen-bond acceptors (Lipinski definition) is 7. The lowest BCUT2D eigenvalue weighted by atomic mass is 9.99. The number of carbonyl (C=O) groups is 2. The van der Waals surface area contributed by atoms with Gasteiger partial charge in [-0.3, -0.25) is 4.79 Å². The van der Waals surface area contributed by atoms with E-state index in [9.17, 15) is 19.8 Å². The number of phenolic OH excluding ortho intramolecular Hbond substituents is 2. The molecule has 2 aliphatic heterocycles. The summed E-state index contributed by atoms with van der Waals surface area (Å²) < 4.78 is 5.26. The van der Waals surface area contributed by atoms with Crippen molar-refractivity contribution in [2.24, 2.45) is 5.16 Å². The minimum atomic E-state index is -0.759. The Labute approximate surface area is 191 Å². The summed E-state index contributed by atoms with van der Waals surface area (Å²) >= 11 is 6.27. The largest absolute Gasteiger partial charge is 0.507 e. The highest BCUT2D eigenvalue weighted by Crippen LogP contribution is 2.37. The van der Waals surface area contributed by atoms with Crippen LogP contribution in [0.25, 0.3) is 0 Å². The molecule has 9 heteroatoms. The van der Waals surface area contributed by atoms with E-state index >= 15 is 0 Å². The van der Waals surface area contributed by atoms with Crippen LogP contribution in [0.2, 0.25) is 5.02 Å². The molecule has 32 heavy (non-hydrogen) atoms. The van der Waals surface area contributed by atoms with E-state index in [1.165, 1.54) is 0 Å². The summed E-state index contributed by atoms with van der Waals surface area (Å²) in [6.07, 6.45) is 13.3. The van der Waals surface area contributed by atoms with Crippen LogP contribution in [0.4, 0.5) is 0 Å². The molecule has 1 amide bonds. The van der Waals surface area contributed by atoms with Gasteiger partial charge < -0.3 is 24.7 Å². The minimum Gasteiger partial charge on any atom is -0.507 e. The number of aromatic hydroxyl groups is 2. The lowest BCUT2D eigenvalue weighted by Crippen LogP contribution is -2.31. The highest BCUT2D eigenvalue weighted by atomic mass is 35.5. The molecule has 0 fully saturated rings. The molecule has 2 N–H and O–H groups in total. The first kappa shape index (κ1) is 23.4. The van der Waals surface area contributed by atoms with Gasteiger partial charge in [0.15, 0.2) is 6.61 Å². The van der Waals surface area contributed by atoms with E-state index < -0.39 is 11.7 Å². The number of hydrogen-bond donors (Lipinski definition) is 2. The third-order valence-electron chi connectivity index (χ3n) is 4.92. The van der Waals surface area contributed by atoms with Crippen molar-refractivity contribution >= 4 is 29.2 Å². The van der Waals surface area contributed by atoms with Crippen molar-refractivity contribution in [1.82, 2.24) is 4.90 Å². The monoisotopic (exact) mass is 460 g/mol. The molecule has 170 valence electrons. The summed E-state index contributed by atoms with van der Waals surface area (Å²) in [6.45, 7) is 0.974. The molecule has 3 rings (SSSR count). The summed E-state index contributed by atoms with van der Waals surface area (Å²) in [6, 6.07) is 0.997. The topological polar surface area (TPSA) is 109 Å². The number of amides is 1. The third kappa shape index (κ3) is 6.13. The molecule has 0 radical (unpaired) electrons. The zero-order valence-electron chi connectivity index (χ0n) is 17.5. The Kier molecular flexibility index (Phi) is 8.33. The van der Waals surface area contributed by atoms with Crippen LogP contribution in [-0.2, 0) is 20.8 Å². The average Bonchev–Trinajstić information content (AvgIpc) is 3.30. The minimum absolute atomic E-state index is 0.0307. The first-order chi connectivity index (χ1) is 15.5. The molecule has 1 aromatic carbocycles. The van der Waals surface area contributed by atoms with Crippen LogP contribution in [0.5, 0.6) is 11.5 Å². The Morgan fingerprint density at radius 3 is 2.59 bits per heavy atom. The highest BCUT2D eigenvalue weighted by molar-refractivity contribution is 6.33. The molecule has 0 unspecified atom stereocenters. The van der Waals surface area contributed by atoms with Gasteiger partial charge in [0.25, 0.3) is 5.91 Å². The Balaban J connectivity index is 1.88. The summed E-state index contributed by atoms with van der Waals surface area (Å²) in [4.78, 5) is 31.7. The summed E-state index contributed by atoms with van der Waals surface area (Å²) in [5.74, 6) is -1.78. The maximum atomic E-state index is 12.6. The van der Waals surface area contributed by atoms with Gasteiger partial charge in [-0.15, -0.1) is 0 Å². The van der Waals surface area contributed by atoms with Crippen molar-refractivity contribution in [2.75, 3.05) is 26.3 Å². The molecule has 1 aromatic rings. The number of benzene rings is 1. The Morgan fingerprint density at radius 2 is 1.81 bits per heavy atom.